The lowest BCUT2D eigenvalue weighted by Gasteiger charge is -2.31. The van der Waals surface area contributed by atoms with E-state index in [1.807, 2.05) is 55.5 Å². The van der Waals surface area contributed by atoms with Gasteiger partial charge in [0.1, 0.15) is 6.61 Å². The maximum absolute atomic E-state index is 13.4. The molecule has 2 heterocycles. The van der Waals surface area contributed by atoms with Gasteiger partial charge in [-0.3, -0.25) is 9.69 Å². The molecule has 2 aliphatic heterocycles. The summed E-state index contributed by atoms with van der Waals surface area (Å²) in [5, 5.41) is 2.97. The molecular weight excluding hydrogens is 616 g/mol. The molecule has 47 heavy (non-hydrogen) atoms. The van der Waals surface area contributed by atoms with Gasteiger partial charge in [-0.05, 0) is 104 Å². The van der Waals surface area contributed by atoms with Crippen molar-refractivity contribution in [3.05, 3.63) is 77.4 Å². The highest BCUT2D eigenvalue weighted by molar-refractivity contribution is 7.91. The predicted octanol–water partition coefficient (Wildman–Crippen LogP) is 6.37. The van der Waals surface area contributed by atoms with E-state index in [9.17, 15) is 13.2 Å². The topological polar surface area (TPSA) is 103 Å². The van der Waals surface area contributed by atoms with E-state index in [2.05, 4.69) is 24.2 Å². The number of benzene rings is 3. The number of hydrogen-bond acceptors (Lipinski definition) is 8. The quantitative estimate of drug-likeness (QED) is 0.199. The van der Waals surface area contributed by atoms with E-state index in [1.54, 1.807) is 18.2 Å². The monoisotopic (exact) mass is 662 g/mol. The Bertz CT molecular complexity index is 1650. The zero-order chi connectivity index (χ0) is 33.2. The van der Waals surface area contributed by atoms with Gasteiger partial charge >= 0.3 is 0 Å². The standard InChI is InChI=1S/C37H46N2O7S/c1-4-17-43-20-21-46-34-12-8-29(25-35(34)45-5-2)28-9-13-36-31(23-28)24-30(16-22-47(36,41)42)37(40)38-32-10-6-27(7-11-32)26-39(3)33-14-18-44-19-15-33/h6-13,23-25,33H,4-5,14-22,26H2,1-3H3,(H,38,40). The number of ether oxygens (including phenoxy) is 4. The lowest BCUT2D eigenvalue weighted by Crippen LogP contribution is -2.36. The van der Waals surface area contributed by atoms with E-state index < -0.39 is 9.84 Å². The van der Waals surface area contributed by atoms with Crippen LogP contribution in [0.3, 0.4) is 0 Å². The molecule has 1 amide bonds. The molecule has 0 saturated carbocycles. The van der Waals surface area contributed by atoms with Crippen molar-refractivity contribution in [3.63, 3.8) is 0 Å². The van der Waals surface area contributed by atoms with Crippen LogP contribution < -0.4 is 14.8 Å². The fourth-order valence-electron chi connectivity index (χ4n) is 5.90. The van der Waals surface area contributed by atoms with Crippen LogP contribution in [0.5, 0.6) is 11.5 Å². The molecule has 0 unspecified atom stereocenters. The first kappa shape index (κ1) is 34.6. The minimum Gasteiger partial charge on any atom is -0.490 e. The largest absolute Gasteiger partial charge is 0.490 e. The van der Waals surface area contributed by atoms with Gasteiger partial charge in [-0.2, -0.15) is 0 Å². The highest BCUT2D eigenvalue weighted by Crippen LogP contribution is 2.36. The maximum Gasteiger partial charge on any atom is 0.251 e. The van der Waals surface area contributed by atoms with Gasteiger partial charge in [-0.1, -0.05) is 31.2 Å². The van der Waals surface area contributed by atoms with Crippen LogP contribution in [0.15, 0.2) is 71.1 Å². The third kappa shape index (κ3) is 9.22. The first-order chi connectivity index (χ1) is 22.8. The summed E-state index contributed by atoms with van der Waals surface area (Å²) < 4.78 is 49.3. The molecule has 0 aromatic heterocycles. The summed E-state index contributed by atoms with van der Waals surface area (Å²) >= 11 is 0. The number of nitrogens with zero attached hydrogens (tertiary/aromatic N) is 1. The van der Waals surface area contributed by atoms with Crippen LogP contribution in [0.25, 0.3) is 17.2 Å². The molecule has 5 rings (SSSR count). The SMILES string of the molecule is CCCOCCOc1ccc(-c2ccc3c(c2)C=C(C(=O)Nc2ccc(CN(C)C4CCOCC4)cc2)CCS3(=O)=O)cc1OCC. The molecule has 252 valence electrons. The predicted molar refractivity (Wildman–Crippen MR) is 185 cm³/mol. The Morgan fingerprint density at radius 3 is 2.40 bits per heavy atom. The highest BCUT2D eigenvalue weighted by Gasteiger charge is 2.25. The van der Waals surface area contributed by atoms with Crippen LogP contribution in [0.2, 0.25) is 0 Å². The van der Waals surface area contributed by atoms with Gasteiger partial charge in [0.2, 0.25) is 0 Å². The Labute approximate surface area is 278 Å². The second-order valence-corrected chi connectivity index (χ2v) is 14.0. The molecular formula is C37H46N2O7S. The van der Waals surface area contributed by atoms with Gasteiger partial charge in [-0.15, -0.1) is 0 Å². The number of fused-ring (bicyclic) bond motifs is 1. The van der Waals surface area contributed by atoms with Gasteiger partial charge in [0.15, 0.2) is 21.3 Å². The number of sulfone groups is 1. The van der Waals surface area contributed by atoms with Crippen LogP contribution in [0.1, 0.15) is 50.7 Å². The number of anilines is 1. The molecule has 0 aliphatic carbocycles. The van der Waals surface area contributed by atoms with Crippen molar-refractivity contribution in [3.8, 4) is 22.6 Å². The van der Waals surface area contributed by atoms with Gasteiger partial charge in [0, 0.05) is 43.7 Å². The van der Waals surface area contributed by atoms with Gasteiger partial charge in [-0.25, -0.2) is 8.42 Å². The summed E-state index contributed by atoms with van der Waals surface area (Å²) in [4.78, 5) is 16.0. The van der Waals surface area contributed by atoms with Crippen molar-refractivity contribution < 1.29 is 32.2 Å². The number of carbonyl (C=O) groups excluding carboxylic acids is 1. The summed E-state index contributed by atoms with van der Waals surface area (Å²) in [6.45, 7) is 8.44. The number of nitrogens with one attached hydrogen (secondary N) is 1. The van der Waals surface area contributed by atoms with Crippen LogP contribution in [-0.4, -0.2) is 77.7 Å². The average Bonchev–Trinajstić information content (AvgIpc) is 3.21. The Morgan fingerprint density at radius 1 is 0.915 bits per heavy atom. The number of carbonyl (C=O) groups is 1. The summed E-state index contributed by atoms with van der Waals surface area (Å²) in [6.07, 6.45) is 4.84. The summed E-state index contributed by atoms with van der Waals surface area (Å²) in [7, 11) is -1.45. The zero-order valence-electron chi connectivity index (χ0n) is 27.6. The normalized spacial score (nSPS) is 16.2. The Balaban J connectivity index is 1.31. The summed E-state index contributed by atoms with van der Waals surface area (Å²) in [5.41, 5.74) is 4.37. The molecule has 0 radical (unpaired) electrons. The van der Waals surface area contributed by atoms with E-state index in [0.29, 0.717) is 60.8 Å². The summed E-state index contributed by atoms with van der Waals surface area (Å²) in [5.74, 6) is 0.762. The van der Waals surface area contributed by atoms with Crippen molar-refractivity contribution in [2.24, 2.45) is 0 Å². The summed E-state index contributed by atoms with van der Waals surface area (Å²) in [6, 6.07) is 19.2. The van der Waals surface area contributed by atoms with Crippen molar-refractivity contribution in [2.45, 2.75) is 57.0 Å². The second kappa shape index (κ2) is 16.4. The maximum atomic E-state index is 13.4. The molecule has 0 spiro atoms. The molecule has 9 nitrogen and oxygen atoms in total. The molecule has 2 aliphatic rings. The van der Waals surface area contributed by atoms with Gasteiger partial charge < -0.3 is 24.3 Å². The van der Waals surface area contributed by atoms with Crippen molar-refractivity contribution in [2.75, 3.05) is 57.8 Å². The van der Waals surface area contributed by atoms with E-state index in [1.165, 1.54) is 0 Å². The Morgan fingerprint density at radius 2 is 1.66 bits per heavy atom. The first-order valence-corrected chi connectivity index (χ1v) is 18.2. The van der Waals surface area contributed by atoms with Gasteiger partial charge in [0.05, 0.1) is 23.9 Å². The highest BCUT2D eigenvalue weighted by atomic mass is 32.2. The van der Waals surface area contributed by atoms with Crippen LogP contribution >= 0.6 is 0 Å². The lowest BCUT2D eigenvalue weighted by atomic mass is 10.0. The van der Waals surface area contributed by atoms with E-state index in [0.717, 1.165) is 55.7 Å². The Kier molecular flexibility index (Phi) is 12.1. The fourth-order valence-corrected chi connectivity index (χ4v) is 7.36. The molecule has 10 heteroatoms. The van der Waals surface area contributed by atoms with E-state index >= 15 is 0 Å². The van der Waals surface area contributed by atoms with Crippen LogP contribution in [0, 0.1) is 0 Å². The van der Waals surface area contributed by atoms with Crippen LogP contribution in [0.4, 0.5) is 5.69 Å². The van der Waals surface area contributed by atoms with E-state index in [-0.39, 0.29) is 23.0 Å². The van der Waals surface area contributed by atoms with Crippen molar-refractivity contribution in [1.29, 1.82) is 0 Å². The molecule has 3 aromatic carbocycles. The fraction of sp³-hybridized carbons (Fsp3) is 0.432. The second-order valence-electron chi connectivity index (χ2n) is 12.0. The Hall–Kier alpha value is -3.70. The molecule has 3 aromatic rings. The zero-order valence-corrected chi connectivity index (χ0v) is 28.4. The third-order valence-electron chi connectivity index (χ3n) is 8.47. The van der Waals surface area contributed by atoms with Crippen LogP contribution in [-0.2, 0) is 30.7 Å². The number of amides is 1. The average molecular weight is 663 g/mol. The molecule has 0 bridgehead atoms. The molecule has 1 fully saturated rings. The minimum atomic E-state index is -3.59. The lowest BCUT2D eigenvalue weighted by molar-refractivity contribution is -0.112. The molecule has 1 N–H and O–H groups in total. The number of hydrogen-bond donors (Lipinski definition) is 1. The van der Waals surface area contributed by atoms with Gasteiger partial charge in [0.25, 0.3) is 5.91 Å². The van der Waals surface area contributed by atoms with Crippen molar-refractivity contribution in [1.82, 2.24) is 4.90 Å². The number of rotatable bonds is 14. The molecule has 0 atom stereocenters. The first-order valence-electron chi connectivity index (χ1n) is 16.5. The third-order valence-corrected chi connectivity index (χ3v) is 10.3. The minimum absolute atomic E-state index is 0.120. The smallest absolute Gasteiger partial charge is 0.251 e. The van der Waals surface area contributed by atoms with E-state index in [4.69, 9.17) is 18.9 Å². The molecule has 1 saturated heterocycles. The van der Waals surface area contributed by atoms with Crippen molar-refractivity contribution >= 4 is 27.5 Å².